The normalized spacial score (nSPS) is 16.8. The molecular weight excluding hydrogens is 470 g/mol. The van der Waals surface area contributed by atoms with Gasteiger partial charge in [-0.3, -0.25) is 14.4 Å². The fourth-order valence-electron chi connectivity index (χ4n) is 4.60. The third kappa shape index (κ3) is 5.07. The van der Waals surface area contributed by atoms with Crippen LogP contribution in [0.3, 0.4) is 0 Å². The number of aryl methyl sites for hydroxylation is 2. The van der Waals surface area contributed by atoms with Gasteiger partial charge in [0.1, 0.15) is 17.0 Å². The zero-order chi connectivity index (χ0) is 26.7. The average molecular weight is 504 g/mol. The van der Waals surface area contributed by atoms with Crippen molar-refractivity contribution in [2.75, 3.05) is 19.0 Å². The van der Waals surface area contributed by atoms with Gasteiger partial charge >= 0.3 is 0 Å². The van der Waals surface area contributed by atoms with E-state index in [4.69, 9.17) is 4.74 Å². The molecule has 1 atom stereocenters. The first-order valence-electron chi connectivity index (χ1n) is 12.3. The van der Waals surface area contributed by atoms with E-state index < -0.39 is 11.4 Å². The van der Waals surface area contributed by atoms with Crippen LogP contribution in [-0.2, 0) is 17.9 Å². The summed E-state index contributed by atoms with van der Waals surface area (Å²) in [4.78, 5) is 46.2. The van der Waals surface area contributed by atoms with Crippen LogP contribution in [0.15, 0.2) is 48.8 Å². The number of methoxy groups -OCH3 is 1. The molecule has 1 aliphatic heterocycles. The SMILES string of the molecule is CCCN1C(=O)c2c(C(=O)Nc3cc(C)ccc3C)ncn2C[C@]1(C)C(=O)NCc1ccc(OC)cc1. The first kappa shape index (κ1) is 25.9. The zero-order valence-corrected chi connectivity index (χ0v) is 21.9. The summed E-state index contributed by atoms with van der Waals surface area (Å²) in [6, 6.07) is 13.2. The Morgan fingerprint density at radius 1 is 1.14 bits per heavy atom. The van der Waals surface area contributed by atoms with E-state index in [0.29, 0.717) is 25.2 Å². The number of nitrogens with zero attached hydrogens (tertiary/aromatic N) is 3. The van der Waals surface area contributed by atoms with Crippen LogP contribution < -0.4 is 15.4 Å². The van der Waals surface area contributed by atoms with Crippen molar-refractivity contribution in [3.63, 3.8) is 0 Å². The minimum absolute atomic E-state index is 0.0488. The Bertz CT molecular complexity index is 1330. The third-order valence-electron chi connectivity index (χ3n) is 6.76. The molecule has 0 unspecified atom stereocenters. The van der Waals surface area contributed by atoms with Crippen molar-refractivity contribution in [1.82, 2.24) is 19.8 Å². The molecule has 0 fully saturated rings. The summed E-state index contributed by atoms with van der Waals surface area (Å²) in [5, 5.41) is 5.86. The largest absolute Gasteiger partial charge is 0.497 e. The summed E-state index contributed by atoms with van der Waals surface area (Å²) in [6.07, 6.45) is 2.12. The summed E-state index contributed by atoms with van der Waals surface area (Å²) >= 11 is 0. The topological polar surface area (TPSA) is 106 Å². The Labute approximate surface area is 216 Å². The minimum Gasteiger partial charge on any atom is -0.497 e. The number of benzene rings is 2. The standard InChI is InChI=1S/C28H33N5O4/c1-6-13-33-26(35)24-23(25(34)31-22-14-18(2)7-8-19(22)3)30-17-32(24)16-28(33,4)27(36)29-15-20-9-11-21(37-5)12-10-20/h7-12,14,17H,6,13,15-16H2,1-5H3,(H,29,36)(H,31,34)/t28-/m1/s1. The first-order valence-corrected chi connectivity index (χ1v) is 12.3. The Balaban J connectivity index is 1.58. The van der Waals surface area contributed by atoms with Gasteiger partial charge in [0.05, 0.1) is 20.0 Å². The molecule has 2 heterocycles. The molecule has 3 aromatic rings. The van der Waals surface area contributed by atoms with Crippen LogP contribution in [-0.4, -0.2) is 51.4 Å². The van der Waals surface area contributed by atoms with Crippen LogP contribution in [0.1, 0.15) is 57.9 Å². The van der Waals surface area contributed by atoms with Gasteiger partial charge in [-0.25, -0.2) is 4.98 Å². The number of hydrogen-bond acceptors (Lipinski definition) is 5. The second kappa shape index (κ2) is 10.5. The van der Waals surface area contributed by atoms with Crippen molar-refractivity contribution in [2.45, 2.75) is 52.7 Å². The number of anilines is 1. The average Bonchev–Trinajstić information content (AvgIpc) is 3.31. The van der Waals surface area contributed by atoms with Gasteiger partial charge < -0.3 is 24.8 Å². The monoisotopic (exact) mass is 503 g/mol. The molecule has 0 radical (unpaired) electrons. The van der Waals surface area contributed by atoms with Crippen LogP contribution in [0.4, 0.5) is 5.69 Å². The number of ether oxygens (including phenoxy) is 1. The van der Waals surface area contributed by atoms with Gasteiger partial charge in [-0.2, -0.15) is 0 Å². The molecule has 194 valence electrons. The lowest BCUT2D eigenvalue weighted by Crippen LogP contribution is -2.64. The molecule has 2 N–H and O–H groups in total. The Kier molecular flexibility index (Phi) is 7.33. The lowest BCUT2D eigenvalue weighted by Gasteiger charge is -2.43. The number of nitrogens with one attached hydrogen (secondary N) is 2. The van der Waals surface area contributed by atoms with E-state index in [0.717, 1.165) is 22.4 Å². The van der Waals surface area contributed by atoms with Crippen LogP contribution in [0, 0.1) is 13.8 Å². The highest BCUT2D eigenvalue weighted by atomic mass is 16.5. The molecule has 4 rings (SSSR count). The molecule has 3 amide bonds. The van der Waals surface area contributed by atoms with Gasteiger partial charge in [-0.15, -0.1) is 0 Å². The Morgan fingerprint density at radius 3 is 2.54 bits per heavy atom. The molecule has 9 nitrogen and oxygen atoms in total. The van der Waals surface area contributed by atoms with Crippen molar-refractivity contribution < 1.29 is 19.1 Å². The highest BCUT2D eigenvalue weighted by molar-refractivity contribution is 6.11. The number of fused-ring (bicyclic) bond motifs is 1. The minimum atomic E-state index is -1.14. The summed E-state index contributed by atoms with van der Waals surface area (Å²) in [5.41, 5.74) is 2.60. The lowest BCUT2D eigenvalue weighted by molar-refractivity contribution is -0.133. The van der Waals surface area contributed by atoms with Gasteiger partial charge in [-0.1, -0.05) is 31.2 Å². The lowest BCUT2D eigenvalue weighted by atomic mass is 9.93. The summed E-state index contributed by atoms with van der Waals surface area (Å²) in [5.74, 6) is -0.386. The van der Waals surface area contributed by atoms with E-state index in [1.807, 2.05) is 63.2 Å². The maximum atomic E-state index is 13.7. The number of rotatable bonds is 8. The Morgan fingerprint density at radius 2 is 1.86 bits per heavy atom. The molecule has 37 heavy (non-hydrogen) atoms. The van der Waals surface area contributed by atoms with Crippen LogP contribution in [0.2, 0.25) is 0 Å². The van der Waals surface area contributed by atoms with Gasteiger partial charge in [0.15, 0.2) is 5.69 Å². The zero-order valence-electron chi connectivity index (χ0n) is 21.9. The molecular formula is C28H33N5O4. The van der Waals surface area contributed by atoms with Gasteiger partial charge in [0, 0.05) is 18.8 Å². The van der Waals surface area contributed by atoms with Crippen molar-refractivity contribution in [1.29, 1.82) is 0 Å². The number of aromatic nitrogens is 2. The molecule has 0 aliphatic carbocycles. The number of carbonyl (C=O) groups is 3. The molecule has 0 saturated heterocycles. The molecule has 0 bridgehead atoms. The van der Waals surface area contributed by atoms with E-state index in [1.165, 1.54) is 6.33 Å². The predicted molar refractivity (Wildman–Crippen MR) is 141 cm³/mol. The third-order valence-corrected chi connectivity index (χ3v) is 6.76. The van der Waals surface area contributed by atoms with Crippen molar-refractivity contribution in [2.24, 2.45) is 0 Å². The van der Waals surface area contributed by atoms with E-state index in [9.17, 15) is 14.4 Å². The van der Waals surface area contributed by atoms with Crippen LogP contribution in [0.5, 0.6) is 5.75 Å². The van der Waals surface area contributed by atoms with Gasteiger partial charge in [0.25, 0.3) is 11.8 Å². The number of imidazole rings is 1. The maximum absolute atomic E-state index is 13.7. The summed E-state index contributed by atoms with van der Waals surface area (Å²) in [7, 11) is 1.60. The van der Waals surface area contributed by atoms with E-state index in [2.05, 4.69) is 15.6 Å². The highest BCUT2D eigenvalue weighted by Gasteiger charge is 2.48. The quantitative estimate of drug-likeness (QED) is 0.488. The van der Waals surface area contributed by atoms with Crippen molar-refractivity contribution in [3.8, 4) is 5.75 Å². The molecule has 2 aromatic carbocycles. The highest BCUT2D eigenvalue weighted by Crippen LogP contribution is 2.30. The number of carbonyl (C=O) groups excluding carboxylic acids is 3. The second-order valence-electron chi connectivity index (χ2n) is 9.60. The molecule has 1 aromatic heterocycles. The number of amides is 3. The molecule has 9 heteroatoms. The van der Waals surface area contributed by atoms with Crippen molar-refractivity contribution in [3.05, 3.63) is 76.9 Å². The van der Waals surface area contributed by atoms with Gasteiger partial charge in [-0.05, 0) is 62.1 Å². The molecule has 1 aliphatic rings. The fraction of sp³-hybridized carbons (Fsp3) is 0.357. The molecule has 0 saturated carbocycles. The van der Waals surface area contributed by atoms with Gasteiger partial charge in [0.2, 0.25) is 5.91 Å². The number of hydrogen-bond donors (Lipinski definition) is 2. The van der Waals surface area contributed by atoms with E-state index >= 15 is 0 Å². The van der Waals surface area contributed by atoms with Crippen LogP contribution in [0.25, 0.3) is 0 Å². The predicted octanol–water partition coefficient (Wildman–Crippen LogP) is 3.70. The smallest absolute Gasteiger partial charge is 0.276 e. The first-order chi connectivity index (χ1) is 17.7. The Hall–Kier alpha value is -4.14. The van der Waals surface area contributed by atoms with E-state index in [-0.39, 0.29) is 29.7 Å². The second-order valence-corrected chi connectivity index (χ2v) is 9.60. The summed E-state index contributed by atoms with van der Waals surface area (Å²) in [6.45, 7) is 8.42. The van der Waals surface area contributed by atoms with E-state index in [1.54, 1.807) is 23.5 Å². The molecule has 0 spiro atoms. The maximum Gasteiger partial charge on any atom is 0.276 e. The fourth-order valence-corrected chi connectivity index (χ4v) is 4.60. The van der Waals surface area contributed by atoms with Crippen LogP contribution >= 0.6 is 0 Å². The summed E-state index contributed by atoms with van der Waals surface area (Å²) < 4.78 is 6.80. The van der Waals surface area contributed by atoms with Crippen molar-refractivity contribution >= 4 is 23.4 Å².